The Bertz CT molecular complexity index is 447. The third-order valence-electron chi connectivity index (χ3n) is 4.92. The molecule has 0 aromatic rings. The fraction of sp³-hybridized carbons (Fsp3) is 0.846. The van der Waals surface area contributed by atoms with Gasteiger partial charge in [0, 0.05) is 11.8 Å². The van der Waals surface area contributed by atoms with Gasteiger partial charge < -0.3 is 9.47 Å². The molecular formula is C13H15F3O4. The van der Waals surface area contributed by atoms with Gasteiger partial charge in [0.1, 0.15) is 12.0 Å². The molecule has 3 rings (SSSR count). The third kappa shape index (κ3) is 1.98. The summed E-state index contributed by atoms with van der Waals surface area (Å²) in [5.74, 6) is -3.41. The van der Waals surface area contributed by atoms with Gasteiger partial charge in [-0.2, -0.15) is 13.2 Å². The molecule has 20 heavy (non-hydrogen) atoms. The van der Waals surface area contributed by atoms with E-state index in [1.54, 1.807) is 0 Å². The zero-order valence-electron chi connectivity index (χ0n) is 10.9. The van der Waals surface area contributed by atoms with Gasteiger partial charge >= 0.3 is 18.1 Å². The fourth-order valence-electron chi connectivity index (χ4n) is 3.74. The molecule has 3 aliphatic rings. The maximum Gasteiger partial charge on any atom is 0.401 e. The summed E-state index contributed by atoms with van der Waals surface area (Å²) in [7, 11) is 0. The minimum absolute atomic E-state index is 0.0500. The first-order chi connectivity index (χ1) is 9.29. The first-order valence-corrected chi connectivity index (χ1v) is 6.73. The van der Waals surface area contributed by atoms with Gasteiger partial charge in [-0.3, -0.25) is 9.59 Å². The van der Waals surface area contributed by atoms with E-state index >= 15 is 0 Å². The Labute approximate surface area is 113 Å². The quantitative estimate of drug-likeness (QED) is 0.746. The molecule has 2 saturated carbocycles. The SMILES string of the molecule is CC(C(=O)OCC1C2CC3C(=O)OC1C3C2)C(F)(F)F. The Morgan fingerprint density at radius 2 is 2.15 bits per heavy atom. The fourth-order valence-corrected chi connectivity index (χ4v) is 3.74. The number of fused-ring (bicyclic) bond motifs is 1. The molecule has 0 radical (unpaired) electrons. The monoisotopic (exact) mass is 292 g/mol. The van der Waals surface area contributed by atoms with Crippen molar-refractivity contribution in [3.05, 3.63) is 0 Å². The van der Waals surface area contributed by atoms with Gasteiger partial charge in [-0.05, 0) is 25.7 Å². The smallest absolute Gasteiger partial charge is 0.401 e. The van der Waals surface area contributed by atoms with Crippen molar-refractivity contribution in [2.24, 2.45) is 29.6 Å². The van der Waals surface area contributed by atoms with Gasteiger partial charge in [-0.15, -0.1) is 0 Å². The molecule has 0 aromatic heterocycles. The summed E-state index contributed by atoms with van der Waals surface area (Å²) in [4.78, 5) is 22.9. The van der Waals surface area contributed by atoms with Crippen molar-refractivity contribution < 1.29 is 32.2 Å². The minimum atomic E-state index is -4.59. The number of hydrogen-bond acceptors (Lipinski definition) is 4. The summed E-state index contributed by atoms with van der Waals surface area (Å²) in [6, 6.07) is 0. The largest absolute Gasteiger partial charge is 0.465 e. The summed E-state index contributed by atoms with van der Waals surface area (Å²) >= 11 is 0. The number of carbonyl (C=O) groups is 2. The number of hydrogen-bond donors (Lipinski definition) is 0. The number of alkyl halides is 3. The van der Waals surface area contributed by atoms with Crippen LogP contribution in [-0.2, 0) is 19.1 Å². The lowest BCUT2D eigenvalue weighted by Gasteiger charge is -2.25. The molecule has 1 heterocycles. The summed E-state index contributed by atoms with van der Waals surface area (Å²) in [5, 5.41) is 0. The van der Waals surface area contributed by atoms with Crippen molar-refractivity contribution >= 4 is 11.9 Å². The highest BCUT2D eigenvalue weighted by atomic mass is 19.4. The lowest BCUT2D eigenvalue weighted by Crippen LogP contribution is -2.34. The van der Waals surface area contributed by atoms with Crippen molar-refractivity contribution in [2.75, 3.05) is 6.61 Å². The Hall–Kier alpha value is -1.27. The van der Waals surface area contributed by atoms with E-state index in [4.69, 9.17) is 9.47 Å². The summed E-state index contributed by atoms with van der Waals surface area (Å²) in [6.45, 7) is 0.694. The van der Waals surface area contributed by atoms with Crippen molar-refractivity contribution in [1.82, 2.24) is 0 Å². The third-order valence-corrected chi connectivity index (χ3v) is 4.92. The van der Waals surface area contributed by atoms with Gasteiger partial charge in [0.25, 0.3) is 0 Å². The highest BCUT2D eigenvalue weighted by molar-refractivity contribution is 5.76. The Balaban J connectivity index is 1.58. The average molecular weight is 292 g/mol. The molecule has 0 aromatic carbocycles. The Kier molecular flexibility index (Phi) is 2.99. The van der Waals surface area contributed by atoms with Crippen molar-refractivity contribution in [2.45, 2.75) is 32.0 Å². The molecule has 1 aliphatic heterocycles. The van der Waals surface area contributed by atoms with Gasteiger partial charge in [0.15, 0.2) is 0 Å². The molecular weight excluding hydrogens is 277 g/mol. The van der Waals surface area contributed by atoms with E-state index in [0.29, 0.717) is 6.42 Å². The van der Waals surface area contributed by atoms with E-state index in [0.717, 1.165) is 13.3 Å². The lowest BCUT2D eigenvalue weighted by molar-refractivity contribution is -0.195. The predicted octanol–water partition coefficient (Wildman–Crippen LogP) is 1.93. The number of esters is 2. The van der Waals surface area contributed by atoms with Crippen LogP contribution in [0.25, 0.3) is 0 Å². The van der Waals surface area contributed by atoms with Gasteiger partial charge in [0.05, 0.1) is 12.5 Å². The van der Waals surface area contributed by atoms with Crippen LogP contribution in [0.15, 0.2) is 0 Å². The van der Waals surface area contributed by atoms with Crippen LogP contribution in [-0.4, -0.2) is 30.8 Å². The molecule has 2 aliphatic carbocycles. The second kappa shape index (κ2) is 4.36. The second-order valence-electron chi connectivity index (χ2n) is 5.96. The van der Waals surface area contributed by atoms with E-state index in [2.05, 4.69) is 0 Å². The molecule has 2 bridgehead atoms. The normalized spacial score (nSPS) is 39.8. The highest BCUT2D eigenvalue weighted by Crippen LogP contribution is 2.57. The zero-order chi connectivity index (χ0) is 14.7. The number of carbonyl (C=O) groups excluding carboxylic acids is 2. The van der Waals surface area contributed by atoms with Crippen LogP contribution in [0.3, 0.4) is 0 Å². The first kappa shape index (κ1) is 13.7. The van der Waals surface area contributed by atoms with Crippen LogP contribution in [0, 0.1) is 29.6 Å². The summed E-state index contributed by atoms with van der Waals surface area (Å²) in [6.07, 6.45) is -3.31. The molecule has 4 nitrogen and oxygen atoms in total. The topological polar surface area (TPSA) is 52.6 Å². The van der Waals surface area contributed by atoms with Crippen molar-refractivity contribution in [1.29, 1.82) is 0 Å². The molecule has 6 unspecified atom stereocenters. The maximum atomic E-state index is 12.4. The predicted molar refractivity (Wildman–Crippen MR) is 59.3 cm³/mol. The molecule has 3 fully saturated rings. The second-order valence-corrected chi connectivity index (χ2v) is 5.96. The lowest BCUT2D eigenvalue weighted by atomic mass is 9.83. The first-order valence-electron chi connectivity index (χ1n) is 6.73. The minimum Gasteiger partial charge on any atom is -0.465 e. The Morgan fingerprint density at radius 1 is 1.45 bits per heavy atom. The van der Waals surface area contributed by atoms with Crippen molar-refractivity contribution in [3.8, 4) is 0 Å². The van der Waals surface area contributed by atoms with E-state index in [1.807, 2.05) is 0 Å². The van der Waals surface area contributed by atoms with Gasteiger partial charge in [0.2, 0.25) is 0 Å². The molecule has 0 spiro atoms. The highest BCUT2D eigenvalue weighted by Gasteiger charge is 2.61. The summed E-state index contributed by atoms with van der Waals surface area (Å²) in [5.41, 5.74) is 0. The molecule has 7 heteroatoms. The van der Waals surface area contributed by atoms with Crippen LogP contribution in [0.5, 0.6) is 0 Å². The van der Waals surface area contributed by atoms with Gasteiger partial charge in [-0.1, -0.05) is 0 Å². The zero-order valence-corrected chi connectivity index (χ0v) is 10.9. The number of halogens is 3. The molecule has 0 amide bonds. The summed E-state index contributed by atoms with van der Waals surface area (Å²) < 4.78 is 47.2. The van der Waals surface area contributed by atoms with Crippen LogP contribution in [0.1, 0.15) is 19.8 Å². The number of ether oxygens (including phenoxy) is 2. The van der Waals surface area contributed by atoms with Crippen LogP contribution < -0.4 is 0 Å². The molecule has 1 saturated heterocycles. The van der Waals surface area contributed by atoms with Crippen LogP contribution in [0.4, 0.5) is 13.2 Å². The van der Waals surface area contributed by atoms with E-state index in [9.17, 15) is 22.8 Å². The molecule has 112 valence electrons. The molecule has 0 N–H and O–H groups in total. The van der Waals surface area contributed by atoms with Crippen LogP contribution in [0.2, 0.25) is 0 Å². The van der Waals surface area contributed by atoms with E-state index in [-0.39, 0.29) is 42.4 Å². The Morgan fingerprint density at radius 3 is 2.80 bits per heavy atom. The van der Waals surface area contributed by atoms with Crippen LogP contribution >= 0.6 is 0 Å². The standard InChI is InChI=1S/C13H15F3O4/c1-5(13(14,15)16)11(17)19-4-9-6-2-7-8(3-6)12(18)20-10(7)9/h5-10H,2-4H2,1H3. The average Bonchev–Trinajstić information content (AvgIpc) is 2.96. The van der Waals surface area contributed by atoms with E-state index < -0.39 is 18.1 Å². The molecule has 6 atom stereocenters. The maximum absolute atomic E-state index is 12.4. The van der Waals surface area contributed by atoms with Gasteiger partial charge in [-0.25, -0.2) is 0 Å². The number of rotatable bonds is 3. The van der Waals surface area contributed by atoms with E-state index in [1.165, 1.54) is 0 Å². The van der Waals surface area contributed by atoms with Crippen molar-refractivity contribution in [3.63, 3.8) is 0 Å².